The Labute approximate surface area is 184 Å². The first-order valence-corrected chi connectivity index (χ1v) is 11.8. The molecule has 0 aromatic carbocycles. The molecular weight excluding hydrogens is 378 g/mol. The van der Waals surface area contributed by atoms with E-state index in [0.29, 0.717) is 17.3 Å². The van der Waals surface area contributed by atoms with Gasteiger partial charge in [0.15, 0.2) is 0 Å². The second-order valence-electron chi connectivity index (χ2n) is 9.31. The number of carbonyl (C=O) groups is 3. The molecule has 6 heteroatoms. The average molecular weight is 424 g/mol. The zero-order chi connectivity index (χ0) is 22.7. The number of likely N-dealkylation sites (N-methyl/N-ethyl adjacent to an activating group) is 3. The predicted octanol–water partition coefficient (Wildman–Crippen LogP) is 3.18. The van der Waals surface area contributed by atoms with Crippen molar-refractivity contribution in [1.29, 1.82) is 0 Å². The Kier molecular flexibility index (Phi) is 12.6. The molecule has 30 heavy (non-hydrogen) atoms. The highest BCUT2D eigenvalue weighted by Gasteiger charge is 2.24. The number of piperidine rings is 1. The molecule has 174 valence electrons. The molecule has 3 aliphatic heterocycles. The number of hydrogen-bond acceptors (Lipinski definition) is 6. The zero-order valence-corrected chi connectivity index (χ0v) is 20.3. The normalized spacial score (nSPS) is 28.4. The van der Waals surface area contributed by atoms with Crippen molar-refractivity contribution in [3.8, 4) is 0 Å². The summed E-state index contributed by atoms with van der Waals surface area (Å²) in [5.41, 5.74) is 0. The van der Waals surface area contributed by atoms with E-state index < -0.39 is 0 Å². The van der Waals surface area contributed by atoms with E-state index in [1.807, 2.05) is 14.1 Å². The van der Waals surface area contributed by atoms with Crippen LogP contribution in [0.1, 0.15) is 78.6 Å². The van der Waals surface area contributed by atoms with Crippen LogP contribution in [0.5, 0.6) is 0 Å². The van der Waals surface area contributed by atoms with Gasteiger partial charge in [-0.3, -0.25) is 29.1 Å². The molecule has 6 nitrogen and oxygen atoms in total. The number of ketones is 3. The summed E-state index contributed by atoms with van der Waals surface area (Å²) in [5, 5.41) is 0. The number of hydrogen-bond donors (Lipinski definition) is 0. The van der Waals surface area contributed by atoms with Crippen molar-refractivity contribution in [3.63, 3.8) is 0 Å². The maximum absolute atomic E-state index is 11.1. The molecule has 0 bridgehead atoms. The van der Waals surface area contributed by atoms with Gasteiger partial charge in [-0.15, -0.1) is 0 Å². The average Bonchev–Trinajstić information content (AvgIpc) is 2.99. The molecule has 3 aliphatic rings. The van der Waals surface area contributed by atoms with Crippen molar-refractivity contribution in [2.45, 2.75) is 96.7 Å². The van der Waals surface area contributed by atoms with Gasteiger partial charge in [0.25, 0.3) is 0 Å². The maximum Gasteiger partial charge on any atom is 0.146 e. The first-order chi connectivity index (χ1) is 14.1. The quantitative estimate of drug-likeness (QED) is 0.695. The molecule has 3 saturated heterocycles. The summed E-state index contributed by atoms with van der Waals surface area (Å²) in [4.78, 5) is 39.4. The maximum atomic E-state index is 11.1. The van der Waals surface area contributed by atoms with Crippen molar-refractivity contribution in [2.75, 3.05) is 40.8 Å². The highest BCUT2D eigenvalue weighted by Crippen LogP contribution is 2.16. The van der Waals surface area contributed by atoms with E-state index in [2.05, 4.69) is 21.7 Å². The van der Waals surface area contributed by atoms with Crippen LogP contribution < -0.4 is 0 Å². The van der Waals surface area contributed by atoms with Crippen molar-refractivity contribution in [1.82, 2.24) is 14.7 Å². The van der Waals surface area contributed by atoms with E-state index in [1.165, 1.54) is 38.5 Å². The van der Waals surface area contributed by atoms with E-state index in [-0.39, 0.29) is 18.1 Å². The summed E-state index contributed by atoms with van der Waals surface area (Å²) >= 11 is 0. The summed E-state index contributed by atoms with van der Waals surface area (Å²) in [6.45, 7) is 8.32. The molecule has 0 saturated carbocycles. The van der Waals surface area contributed by atoms with Gasteiger partial charge in [-0.05, 0) is 100 Å². The third-order valence-corrected chi connectivity index (χ3v) is 6.72. The molecule has 0 spiro atoms. The molecule has 0 N–H and O–H groups in total. The van der Waals surface area contributed by atoms with Crippen LogP contribution >= 0.6 is 0 Å². The minimum Gasteiger partial charge on any atom is -0.298 e. The van der Waals surface area contributed by atoms with Crippen LogP contribution in [0, 0.1) is 0 Å². The Balaban J connectivity index is 0.000000226. The zero-order valence-electron chi connectivity index (χ0n) is 20.3. The highest BCUT2D eigenvalue weighted by molar-refractivity contribution is 5.82. The Morgan fingerprint density at radius 1 is 0.500 bits per heavy atom. The van der Waals surface area contributed by atoms with Crippen LogP contribution in [0.15, 0.2) is 0 Å². The molecule has 0 amide bonds. The summed E-state index contributed by atoms with van der Waals surface area (Å²) in [6, 6.07) is 0.649. The molecule has 3 rings (SSSR count). The van der Waals surface area contributed by atoms with Crippen LogP contribution in [0.3, 0.4) is 0 Å². The lowest BCUT2D eigenvalue weighted by atomic mass is 10.0. The molecule has 0 aromatic heterocycles. The van der Waals surface area contributed by atoms with Crippen LogP contribution in [-0.4, -0.2) is 91.0 Å². The van der Waals surface area contributed by atoms with Crippen LogP contribution in [-0.2, 0) is 14.4 Å². The number of rotatable bonds is 3. The Bertz CT molecular complexity index is 552. The number of nitrogens with zero attached hydrogens (tertiary/aromatic N) is 3. The van der Waals surface area contributed by atoms with Gasteiger partial charge in [-0.2, -0.15) is 0 Å². The lowest BCUT2D eigenvalue weighted by Crippen LogP contribution is -2.40. The summed E-state index contributed by atoms with van der Waals surface area (Å²) in [7, 11) is 6.10. The van der Waals surface area contributed by atoms with Crippen molar-refractivity contribution in [3.05, 3.63) is 0 Å². The summed E-state index contributed by atoms with van der Waals surface area (Å²) in [6.07, 6.45) is 10.6. The SMILES string of the molecule is CC(=O)C1CCCCCN1C.CC(=O)C1CCCCN1C.CC(=O)C1CCCN1C. The van der Waals surface area contributed by atoms with Crippen molar-refractivity contribution < 1.29 is 14.4 Å². The molecular formula is C24H45N3O3. The van der Waals surface area contributed by atoms with Crippen molar-refractivity contribution >= 4 is 17.3 Å². The third kappa shape index (κ3) is 9.36. The van der Waals surface area contributed by atoms with Gasteiger partial charge in [0.1, 0.15) is 17.3 Å². The van der Waals surface area contributed by atoms with Crippen LogP contribution in [0.4, 0.5) is 0 Å². The molecule has 0 radical (unpaired) electrons. The lowest BCUT2D eigenvalue weighted by molar-refractivity contribution is -0.123. The van der Waals surface area contributed by atoms with Gasteiger partial charge in [0.2, 0.25) is 0 Å². The molecule has 3 atom stereocenters. The van der Waals surface area contributed by atoms with E-state index in [0.717, 1.165) is 38.9 Å². The fraction of sp³-hybridized carbons (Fsp3) is 0.875. The smallest absolute Gasteiger partial charge is 0.146 e. The third-order valence-electron chi connectivity index (χ3n) is 6.72. The second kappa shape index (κ2) is 14.0. The minimum absolute atomic E-state index is 0.206. The van der Waals surface area contributed by atoms with Gasteiger partial charge in [-0.1, -0.05) is 19.3 Å². The van der Waals surface area contributed by atoms with E-state index >= 15 is 0 Å². The Morgan fingerprint density at radius 3 is 1.13 bits per heavy atom. The van der Waals surface area contributed by atoms with E-state index in [1.54, 1.807) is 20.8 Å². The summed E-state index contributed by atoms with van der Waals surface area (Å²) < 4.78 is 0. The van der Waals surface area contributed by atoms with Gasteiger partial charge in [0, 0.05) is 0 Å². The van der Waals surface area contributed by atoms with Crippen LogP contribution in [0.25, 0.3) is 0 Å². The molecule has 3 unspecified atom stereocenters. The monoisotopic (exact) mass is 423 g/mol. The van der Waals surface area contributed by atoms with Gasteiger partial charge in [-0.25, -0.2) is 0 Å². The number of carbonyl (C=O) groups excluding carboxylic acids is 3. The Hall–Kier alpha value is -1.11. The fourth-order valence-electron chi connectivity index (χ4n) is 4.78. The van der Waals surface area contributed by atoms with Gasteiger partial charge < -0.3 is 0 Å². The van der Waals surface area contributed by atoms with E-state index in [4.69, 9.17) is 0 Å². The highest BCUT2D eigenvalue weighted by atomic mass is 16.1. The standard InChI is InChI=1S/C9H17NO.C8H15NO.C7H13NO/c1-8(11)9-6-4-3-5-7-10(9)2;1-7(10)8-5-3-4-6-9(8)2;1-6(9)7-4-3-5-8(7)2/h9H,3-7H2,1-2H3;8H,3-6H2,1-2H3;7H,3-5H2,1-2H3. The number of likely N-dealkylation sites (tertiary alicyclic amines) is 3. The van der Waals surface area contributed by atoms with E-state index in [9.17, 15) is 14.4 Å². The molecule has 0 aliphatic carbocycles. The molecule has 3 heterocycles. The van der Waals surface area contributed by atoms with Gasteiger partial charge in [0.05, 0.1) is 18.1 Å². The topological polar surface area (TPSA) is 60.9 Å². The molecule has 0 aromatic rings. The molecule has 3 fully saturated rings. The first kappa shape index (κ1) is 26.9. The van der Waals surface area contributed by atoms with Crippen molar-refractivity contribution in [2.24, 2.45) is 0 Å². The first-order valence-electron chi connectivity index (χ1n) is 11.8. The lowest BCUT2D eigenvalue weighted by Gasteiger charge is -2.30. The number of Topliss-reactive ketones (excluding diaryl/α,β-unsaturated/α-hetero) is 3. The predicted molar refractivity (Wildman–Crippen MR) is 123 cm³/mol. The summed E-state index contributed by atoms with van der Waals surface area (Å²) in [5.74, 6) is 0.964. The Morgan fingerprint density at radius 2 is 0.800 bits per heavy atom. The van der Waals surface area contributed by atoms with Crippen LogP contribution in [0.2, 0.25) is 0 Å². The van der Waals surface area contributed by atoms with Gasteiger partial charge >= 0.3 is 0 Å². The second-order valence-corrected chi connectivity index (χ2v) is 9.31. The fourth-order valence-corrected chi connectivity index (χ4v) is 4.78. The largest absolute Gasteiger partial charge is 0.298 e. The minimum atomic E-state index is 0.206.